The van der Waals surface area contributed by atoms with Gasteiger partial charge in [-0.15, -0.1) is 0 Å². The minimum atomic E-state index is -4.32. The van der Waals surface area contributed by atoms with E-state index in [1.54, 1.807) is 20.8 Å². The van der Waals surface area contributed by atoms with Gasteiger partial charge in [-0.3, -0.25) is 0 Å². The van der Waals surface area contributed by atoms with Crippen LogP contribution in [0.2, 0.25) is 0 Å². The van der Waals surface area contributed by atoms with Gasteiger partial charge in [0.2, 0.25) is 0 Å². The van der Waals surface area contributed by atoms with Gasteiger partial charge in [0.1, 0.15) is 11.6 Å². The number of halogens is 3. The molecule has 0 aromatic heterocycles. The van der Waals surface area contributed by atoms with Crippen LogP contribution in [-0.4, -0.2) is 35.0 Å². The summed E-state index contributed by atoms with van der Waals surface area (Å²) in [5, 5.41) is 11.4. The fourth-order valence-corrected chi connectivity index (χ4v) is 3.38. The highest BCUT2D eigenvalue weighted by Crippen LogP contribution is 2.79. The third-order valence-corrected chi connectivity index (χ3v) is 4.19. The van der Waals surface area contributed by atoms with E-state index in [9.17, 15) is 27.9 Å². The number of amides is 1. The van der Waals surface area contributed by atoms with Crippen molar-refractivity contribution in [1.82, 2.24) is 5.32 Å². The van der Waals surface area contributed by atoms with Crippen molar-refractivity contribution in [3.8, 4) is 0 Å². The highest BCUT2D eigenvalue weighted by Gasteiger charge is 2.81. The third-order valence-electron chi connectivity index (χ3n) is 4.19. The molecule has 2 bridgehead atoms. The molecule has 0 aromatic rings. The number of carboxylic acids is 1. The van der Waals surface area contributed by atoms with Gasteiger partial charge in [0, 0.05) is 5.41 Å². The van der Waals surface area contributed by atoms with Crippen molar-refractivity contribution >= 4 is 12.1 Å². The molecule has 5 nitrogen and oxygen atoms in total. The molecule has 0 aliphatic heterocycles. The lowest BCUT2D eigenvalue weighted by Crippen LogP contribution is -2.75. The van der Waals surface area contributed by atoms with Crippen molar-refractivity contribution in [2.24, 2.45) is 10.8 Å². The Bertz CT molecular complexity index is 461. The number of ether oxygens (including phenoxy) is 1. The fraction of sp³-hybridized carbons (Fsp3) is 0.846. The molecule has 2 N–H and O–H groups in total. The van der Waals surface area contributed by atoms with E-state index >= 15 is 0 Å². The molecule has 3 saturated carbocycles. The number of alkyl carbamates (subject to hydrolysis) is 1. The molecule has 1 amide bonds. The van der Waals surface area contributed by atoms with Crippen molar-refractivity contribution in [1.29, 1.82) is 0 Å². The van der Waals surface area contributed by atoms with Crippen LogP contribution < -0.4 is 5.32 Å². The fourth-order valence-electron chi connectivity index (χ4n) is 3.38. The number of rotatable bonds is 3. The van der Waals surface area contributed by atoms with E-state index in [0.29, 0.717) is 0 Å². The number of nitrogens with one attached hydrogen (secondary N) is 1. The van der Waals surface area contributed by atoms with Gasteiger partial charge < -0.3 is 15.2 Å². The molecule has 0 unspecified atom stereocenters. The minimum absolute atomic E-state index is 0.254. The number of aliphatic carboxylic acids is 1. The number of hydrogen-bond donors (Lipinski definition) is 2. The van der Waals surface area contributed by atoms with Crippen molar-refractivity contribution in [2.75, 3.05) is 0 Å². The molecular formula is C13H18F3NO4. The quantitative estimate of drug-likeness (QED) is 0.840. The van der Waals surface area contributed by atoms with Crippen LogP contribution in [0.15, 0.2) is 0 Å². The third kappa shape index (κ3) is 2.55. The maximum Gasteiger partial charge on any atom is 0.408 e. The maximum absolute atomic E-state index is 12.8. The zero-order chi connectivity index (χ0) is 16.3. The van der Waals surface area contributed by atoms with Crippen LogP contribution >= 0.6 is 0 Å². The molecule has 0 radical (unpaired) electrons. The molecule has 8 heteroatoms. The zero-order valence-corrected chi connectivity index (χ0v) is 12.0. The number of carbonyl (C=O) groups excluding carboxylic acids is 1. The monoisotopic (exact) mass is 309 g/mol. The van der Waals surface area contributed by atoms with E-state index in [1.807, 2.05) is 0 Å². The summed E-state index contributed by atoms with van der Waals surface area (Å²) in [6, 6.07) is -1.35. The largest absolute Gasteiger partial charge is 0.480 e. The van der Waals surface area contributed by atoms with Gasteiger partial charge >= 0.3 is 18.2 Å². The van der Waals surface area contributed by atoms with Crippen molar-refractivity contribution < 1.29 is 32.6 Å². The lowest BCUT2D eigenvalue weighted by atomic mass is 9.33. The van der Waals surface area contributed by atoms with Crippen LogP contribution in [0.4, 0.5) is 18.0 Å². The topological polar surface area (TPSA) is 75.6 Å². The second kappa shape index (κ2) is 4.27. The normalized spacial score (nSPS) is 32.5. The molecule has 0 heterocycles. The van der Waals surface area contributed by atoms with Crippen molar-refractivity contribution in [2.45, 2.75) is 57.9 Å². The number of carbonyl (C=O) groups is 2. The van der Waals surface area contributed by atoms with E-state index in [0.717, 1.165) is 0 Å². The van der Waals surface area contributed by atoms with Crippen LogP contribution in [0, 0.1) is 10.8 Å². The Morgan fingerprint density at radius 3 is 2.00 bits per heavy atom. The lowest BCUT2D eigenvalue weighted by molar-refractivity contribution is -0.367. The molecule has 3 rings (SSSR count). The van der Waals surface area contributed by atoms with Gasteiger partial charge in [0.05, 0.1) is 5.41 Å². The summed E-state index contributed by atoms with van der Waals surface area (Å²) in [7, 11) is 0. The summed E-state index contributed by atoms with van der Waals surface area (Å²) in [4.78, 5) is 22.9. The molecule has 0 saturated heterocycles. The predicted molar refractivity (Wildman–Crippen MR) is 65.6 cm³/mol. The highest BCUT2D eigenvalue weighted by atomic mass is 19.4. The average Bonchev–Trinajstić information content (AvgIpc) is 2.05. The first-order valence-electron chi connectivity index (χ1n) is 6.59. The molecular weight excluding hydrogens is 291 g/mol. The SMILES string of the molecule is CC(C)(C)OC(=O)N[C@@H](C(=O)O)C12CC(C(F)(F)F)(C1)C2. The second-order valence-corrected chi connectivity index (χ2v) is 7.09. The Hall–Kier alpha value is -1.47. The van der Waals surface area contributed by atoms with Crippen LogP contribution in [0.1, 0.15) is 40.0 Å². The molecule has 3 aliphatic rings. The van der Waals surface area contributed by atoms with E-state index in [-0.39, 0.29) is 19.3 Å². The molecule has 3 fully saturated rings. The molecule has 0 aromatic carbocycles. The van der Waals surface area contributed by atoms with Crippen LogP contribution in [-0.2, 0) is 9.53 Å². The summed E-state index contributed by atoms with van der Waals surface area (Å²) >= 11 is 0. The van der Waals surface area contributed by atoms with E-state index in [2.05, 4.69) is 5.32 Å². The Labute approximate surface area is 119 Å². The molecule has 0 spiro atoms. The van der Waals surface area contributed by atoms with E-state index in [1.165, 1.54) is 0 Å². The van der Waals surface area contributed by atoms with E-state index < -0.39 is 40.7 Å². The number of alkyl halides is 3. The highest BCUT2D eigenvalue weighted by molar-refractivity contribution is 5.81. The Morgan fingerprint density at radius 1 is 1.19 bits per heavy atom. The predicted octanol–water partition coefficient (Wildman–Crippen LogP) is 2.70. The summed E-state index contributed by atoms with van der Waals surface area (Å²) < 4.78 is 43.3. The Kier molecular flexibility index (Phi) is 3.23. The second-order valence-electron chi connectivity index (χ2n) is 7.09. The summed E-state index contributed by atoms with van der Waals surface area (Å²) in [5.74, 6) is -1.34. The van der Waals surface area contributed by atoms with Crippen LogP contribution in [0.3, 0.4) is 0 Å². The maximum atomic E-state index is 12.8. The molecule has 21 heavy (non-hydrogen) atoms. The summed E-state index contributed by atoms with van der Waals surface area (Å²) in [6.07, 6.45) is -6.01. The zero-order valence-electron chi connectivity index (χ0n) is 12.0. The van der Waals surface area contributed by atoms with Gasteiger partial charge in [-0.2, -0.15) is 13.2 Å². The van der Waals surface area contributed by atoms with E-state index in [4.69, 9.17) is 4.74 Å². The smallest absolute Gasteiger partial charge is 0.408 e. The molecule has 120 valence electrons. The first-order chi connectivity index (χ1) is 9.30. The standard InChI is InChI=1S/C13H18F3NO4/c1-10(2,3)21-9(20)17-7(8(18)19)11-4-12(5-11,6-11)13(14,15)16/h7H,4-6H2,1-3H3,(H,17,20)(H,18,19)/t7-,11?,12?/m0/s1. The summed E-state index contributed by atoms with van der Waals surface area (Å²) in [5.41, 5.74) is -3.56. The van der Waals surface area contributed by atoms with Crippen molar-refractivity contribution in [3.05, 3.63) is 0 Å². The van der Waals surface area contributed by atoms with Gasteiger partial charge in [0.15, 0.2) is 0 Å². The lowest BCUT2D eigenvalue weighted by Gasteiger charge is -2.71. The van der Waals surface area contributed by atoms with Gasteiger partial charge in [-0.25, -0.2) is 9.59 Å². The van der Waals surface area contributed by atoms with Gasteiger partial charge in [0.25, 0.3) is 0 Å². The Morgan fingerprint density at radius 2 is 1.67 bits per heavy atom. The first kappa shape index (κ1) is 15.9. The van der Waals surface area contributed by atoms with Crippen molar-refractivity contribution in [3.63, 3.8) is 0 Å². The van der Waals surface area contributed by atoms with Gasteiger partial charge in [-0.1, -0.05) is 0 Å². The number of carboxylic acid groups (broad SMARTS) is 1. The Balaban J connectivity index is 2.01. The molecule has 1 atom stereocenters. The minimum Gasteiger partial charge on any atom is -0.480 e. The van der Waals surface area contributed by atoms with Crippen LogP contribution in [0.5, 0.6) is 0 Å². The van der Waals surface area contributed by atoms with Crippen LogP contribution in [0.25, 0.3) is 0 Å². The summed E-state index contributed by atoms with van der Waals surface area (Å²) in [6.45, 7) is 4.84. The molecule has 3 aliphatic carbocycles. The first-order valence-corrected chi connectivity index (χ1v) is 6.59. The number of hydrogen-bond acceptors (Lipinski definition) is 3. The van der Waals surface area contributed by atoms with Gasteiger partial charge in [-0.05, 0) is 40.0 Å². The average molecular weight is 309 g/mol.